The molecule has 0 fully saturated rings. The fraction of sp³-hybridized carbons (Fsp3) is 0.300. The first kappa shape index (κ1) is 17.3. The quantitative estimate of drug-likeness (QED) is 0.647. The van der Waals surface area contributed by atoms with Gasteiger partial charge in [0.25, 0.3) is 0 Å². The van der Waals surface area contributed by atoms with E-state index in [1.54, 1.807) is 0 Å². The zero-order valence-electron chi connectivity index (χ0n) is 7.39. The molecule has 0 aliphatic heterocycles. The third kappa shape index (κ3) is 6.52. The molecule has 0 radical (unpaired) electrons. The van der Waals surface area contributed by atoms with Gasteiger partial charge in [-0.2, -0.15) is 6.42 Å². The second kappa shape index (κ2) is 10.1. The third-order valence-electron chi connectivity index (χ3n) is 1.34. The van der Waals surface area contributed by atoms with Crippen LogP contribution in [0.3, 0.4) is 0 Å². The number of hydrogen-bond acceptors (Lipinski definition) is 0. The summed E-state index contributed by atoms with van der Waals surface area (Å²) >= 11 is 0. The molecule has 0 aromatic rings. The Hall–Kier alpha value is 0.129. The van der Waals surface area contributed by atoms with E-state index in [9.17, 15) is 0 Å². The summed E-state index contributed by atoms with van der Waals surface area (Å²) in [5, 5.41) is 0. The SMILES string of the molecule is [CH2-]C/C=C1/C=CCC1.[CH3-].[CH3-].[Ir+3]. The fourth-order valence-corrected chi connectivity index (χ4v) is 0.924. The maximum atomic E-state index is 3.74. The molecule has 0 aromatic carbocycles. The van der Waals surface area contributed by atoms with Crippen LogP contribution in [0, 0.1) is 21.8 Å². The molecule has 0 atom stereocenters. The van der Waals surface area contributed by atoms with Gasteiger partial charge in [-0.25, -0.2) is 0 Å². The van der Waals surface area contributed by atoms with Crippen LogP contribution in [0.2, 0.25) is 0 Å². The Kier molecular flexibility index (Phi) is 15.9. The monoisotopic (exact) mass is 330 g/mol. The molecule has 0 heterocycles. The molecule has 66 valence electrons. The van der Waals surface area contributed by atoms with Crippen molar-refractivity contribution in [2.75, 3.05) is 0 Å². The summed E-state index contributed by atoms with van der Waals surface area (Å²) in [5.74, 6) is 0. The first-order chi connectivity index (χ1) is 3.93. The average Bonchev–Trinajstić information content (AvgIpc) is 2.19. The molecule has 0 N–H and O–H groups in total. The molecule has 0 spiro atoms. The minimum absolute atomic E-state index is 0. The predicted octanol–water partition coefficient (Wildman–Crippen LogP) is 3.39. The Morgan fingerprint density at radius 2 is 2.09 bits per heavy atom. The summed E-state index contributed by atoms with van der Waals surface area (Å²) in [4.78, 5) is 0. The molecule has 0 nitrogen and oxygen atoms in total. The Bertz CT molecular complexity index is 123. The second-order valence-corrected chi connectivity index (χ2v) is 2.01. The van der Waals surface area contributed by atoms with Gasteiger partial charge in [-0.3, -0.25) is 0 Å². The molecule has 0 bridgehead atoms. The molecule has 0 saturated carbocycles. The van der Waals surface area contributed by atoms with Gasteiger partial charge in [0.2, 0.25) is 0 Å². The normalized spacial score (nSPS) is 16.6. The van der Waals surface area contributed by atoms with Crippen molar-refractivity contribution < 1.29 is 20.1 Å². The third-order valence-corrected chi connectivity index (χ3v) is 1.34. The molecule has 0 saturated heterocycles. The Balaban J connectivity index is -0.000000213. The molecule has 1 aliphatic rings. The molecule has 1 aliphatic carbocycles. The topological polar surface area (TPSA) is 0 Å². The van der Waals surface area contributed by atoms with Crippen LogP contribution in [-0.2, 0) is 20.1 Å². The van der Waals surface area contributed by atoms with E-state index in [4.69, 9.17) is 0 Å². The van der Waals surface area contributed by atoms with Gasteiger partial charge >= 0.3 is 20.1 Å². The van der Waals surface area contributed by atoms with Crippen molar-refractivity contribution in [3.8, 4) is 0 Å². The van der Waals surface area contributed by atoms with Gasteiger partial charge in [-0.15, -0.1) is 6.08 Å². The van der Waals surface area contributed by atoms with Crippen molar-refractivity contribution in [2.45, 2.75) is 19.3 Å². The summed E-state index contributed by atoms with van der Waals surface area (Å²) in [7, 11) is 0. The predicted molar refractivity (Wildman–Crippen MR) is 49.3 cm³/mol. The molecule has 11 heavy (non-hydrogen) atoms. The van der Waals surface area contributed by atoms with Crippen LogP contribution in [-0.4, -0.2) is 0 Å². The van der Waals surface area contributed by atoms with Gasteiger partial charge in [-0.1, -0.05) is 17.7 Å². The minimum atomic E-state index is 0. The minimum Gasteiger partial charge on any atom is -0.358 e. The van der Waals surface area contributed by atoms with Crippen LogP contribution in [0.25, 0.3) is 0 Å². The van der Waals surface area contributed by atoms with Crippen molar-refractivity contribution in [3.63, 3.8) is 0 Å². The van der Waals surface area contributed by atoms with E-state index in [0.717, 1.165) is 6.42 Å². The first-order valence-corrected chi connectivity index (χ1v) is 3.08. The van der Waals surface area contributed by atoms with E-state index >= 15 is 0 Å². The summed E-state index contributed by atoms with van der Waals surface area (Å²) in [6.45, 7) is 3.74. The van der Waals surface area contributed by atoms with Crippen molar-refractivity contribution >= 4 is 0 Å². The number of allylic oxidation sites excluding steroid dienone is 4. The van der Waals surface area contributed by atoms with E-state index in [1.165, 1.54) is 18.4 Å². The van der Waals surface area contributed by atoms with Crippen molar-refractivity contribution in [2.24, 2.45) is 0 Å². The van der Waals surface area contributed by atoms with Crippen LogP contribution in [0.1, 0.15) is 19.3 Å². The first-order valence-electron chi connectivity index (χ1n) is 3.08. The summed E-state index contributed by atoms with van der Waals surface area (Å²) < 4.78 is 0. The van der Waals surface area contributed by atoms with Crippen molar-refractivity contribution in [1.82, 2.24) is 0 Å². The standard InChI is InChI=1S/C8H11.2CH3.Ir/c1-2-5-8-6-3-4-7-8;;;/h3,5-6H,1-2,4,7H2;2*1H3;/q3*-1;+3/b8-5-;;;. The Morgan fingerprint density at radius 1 is 1.45 bits per heavy atom. The average molecular weight is 329 g/mol. The smallest absolute Gasteiger partial charge is 0.358 e. The van der Waals surface area contributed by atoms with Crippen LogP contribution >= 0.6 is 0 Å². The molecule has 0 amide bonds. The second-order valence-electron chi connectivity index (χ2n) is 2.01. The zero-order valence-corrected chi connectivity index (χ0v) is 9.79. The number of rotatable bonds is 1. The van der Waals surface area contributed by atoms with E-state index in [-0.39, 0.29) is 35.0 Å². The molecular weight excluding hydrogens is 312 g/mol. The Labute approximate surface area is 85.1 Å². The molecule has 1 heteroatoms. The van der Waals surface area contributed by atoms with Gasteiger partial charge in [0.05, 0.1) is 0 Å². The summed E-state index contributed by atoms with van der Waals surface area (Å²) in [6, 6.07) is 0. The van der Waals surface area contributed by atoms with Gasteiger partial charge < -0.3 is 21.8 Å². The van der Waals surface area contributed by atoms with Crippen LogP contribution in [0.4, 0.5) is 0 Å². The maximum absolute atomic E-state index is 3.74. The maximum Gasteiger partial charge on any atom is 3.00 e. The molecule has 0 aromatic heterocycles. The largest absolute Gasteiger partial charge is 3.00 e. The van der Waals surface area contributed by atoms with Crippen molar-refractivity contribution in [3.05, 3.63) is 45.6 Å². The van der Waals surface area contributed by atoms with E-state index in [2.05, 4.69) is 25.2 Å². The van der Waals surface area contributed by atoms with Crippen LogP contribution in [0.15, 0.2) is 23.8 Å². The summed E-state index contributed by atoms with van der Waals surface area (Å²) in [5.41, 5.74) is 1.46. The van der Waals surface area contributed by atoms with Gasteiger partial charge in [0, 0.05) is 0 Å². The van der Waals surface area contributed by atoms with Gasteiger partial charge in [0.15, 0.2) is 0 Å². The number of hydrogen-bond donors (Lipinski definition) is 0. The molecule has 0 unspecified atom stereocenters. The van der Waals surface area contributed by atoms with Gasteiger partial charge in [0.1, 0.15) is 0 Å². The zero-order chi connectivity index (χ0) is 5.82. The van der Waals surface area contributed by atoms with Crippen LogP contribution in [0.5, 0.6) is 0 Å². The summed E-state index contributed by atoms with van der Waals surface area (Å²) in [6.07, 6.45) is 9.97. The van der Waals surface area contributed by atoms with E-state index < -0.39 is 0 Å². The fourth-order valence-electron chi connectivity index (χ4n) is 0.924. The van der Waals surface area contributed by atoms with Crippen LogP contribution < -0.4 is 0 Å². The Morgan fingerprint density at radius 3 is 2.45 bits per heavy atom. The molecule has 1 rings (SSSR count). The van der Waals surface area contributed by atoms with Gasteiger partial charge in [-0.05, 0) is 12.8 Å². The van der Waals surface area contributed by atoms with Crippen molar-refractivity contribution in [1.29, 1.82) is 0 Å². The van der Waals surface area contributed by atoms with E-state index in [0.29, 0.717) is 0 Å². The van der Waals surface area contributed by atoms with E-state index in [1.807, 2.05) is 0 Å². The molecular formula is C10H17Ir.